The number of aldehydes is 1. The summed E-state index contributed by atoms with van der Waals surface area (Å²) in [5.74, 6) is -0.552. The normalized spacial score (nSPS) is 11.6. The number of hydrogen-bond acceptors (Lipinski definition) is 4. The van der Waals surface area contributed by atoms with Gasteiger partial charge in [-0.1, -0.05) is 0 Å². The minimum atomic E-state index is -0.416. The van der Waals surface area contributed by atoms with Crippen LogP contribution in [0.3, 0.4) is 0 Å². The van der Waals surface area contributed by atoms with Gasteiger partial charge in [0, 0.05) is 13.1 Å². The van der Waals surface area contributed by atoms with Crippen LogP contribution in [0.5, 0.6) is 0 Å². The standard InChI is InChI=1S/C11H21N3O3/c1-2-13-10(16)7-11(17)14-6-4-3-5-9(12)8-15/h8-9H,2-7,12H2,1H3,(H,13,16)(H,14,17). The van der Waals surface area contributed by atoms with Gasteiger partial charge in [-0.3, -0.25) is 9.59 Å². The first-order chi connectivity index (χ1) is 8.10. The van der Waals surface area contributed by atoms with Crippen LogP contribution in [0.25, 0.3) is 0 Å². The molecule has 0 aliphatic carbocycles. The van der Waals surface area contributed by atoms with Crippen LogP contribution < -0.4 is 16.4 Å². The number of carbonyl (C=O) groups excluding carboxylic acids is 3. The molecular formula is C11H21N3O3. The van der Waals surface area contributed by atoms with Crippen molar-refractivity contribution in [2.24, 2.45) is 5.73 Å². The molecule has 0 heterocycles. The van der Waals surface area contributed by atoms with E-state index in [-0.39, 0.29) is 18.2 Å². The zero-order chi connectivity index (χ0) is 13.1. The van der Waals surface area contributed by atoms with E-state index in [1.54, 1.807) is 6.92 Å². The van der Waals surface area contributed by atoms with Gasteiger partial charge >= 0.3 is 0 Å². The topological polar surface area (TPSA) is 101 Å². The lowest BCUT2D eigenvalue weighted by molar-refractivity contribution is -0.129. The smallest absolute Gasteiger partial charge is 0.229 e. The monoisotopic (exact) mass is 243 g/mol. The summed E-state index contributed by atoms with van der Waals surface area (Å²) in [6.07, 6.45) is 2.73. The molecule has 0 aliphatic heterocycles. The predicted molar refractivity (Wildman–Crippen MR) is 64.2 cm³/mol. The van der Waals surface area contributed by atoms with Gasteiger partial charge < -0.3 is 21.2 Å². The minimum Gasteiger partial charge on any atom is -0.356 e. The Hall–Kier alpha value is -1.43. The van der Waals surface area contributed by atoms with Crippen molar-refractivity contribution in [3.63, 3.8) is 0 Å². The van der Waals surface area contributed by atoms with Gasteiger partial charge in [0.05, 0.1) is 6.04 Å². The van der Waals surface area contributed by atoms with Crippen LogP contribution in [0.4, 0.5) is 0 Å². The second-order valence-electron chi connectivity index (χ2n) is 3.78. The van der Waals surface area contributed by atoms with Gasteiger partial charge in [0.25, 0.3) is 0 Å². The molecule has 0 bridgehead atoms. The van der Waals surface area contributed by atoms with Gasteiger partial charge in [0.2, 0.25) is 11.8 Å². The van der Waals surface area contributed by atoms with Crippen molar-refractivity contribution >= 4 is 18.1 Å². The molecule has 1 unspecified atom stereocenters. The van der Waals surface area contributed by atoms with E-state index in [9.17, 15) is 14.4 Å². The van der Waals surface area contributed by atoms with Crippen molar-refractivity contribution in [1.82, 2.24) is 10.6 Å². The Morgan fingerprint density at radius 2 is 1.88 bits per heavy atom. The Morgan fingerprint density at radius 1 is 1.24 bits per heavy atom. The zero-order valence-electron chi connectivity index (χ0n) is 10.2. The first-order valence-corrected chi connectivity index (χ1v) is 5.84. The lowest BCUT2D eigenvalue weighted by Crippen LogP contribution is -2.32. The van der Waals surface area contributed by atoms with Crippen LogP contribution in [-0.2, 0) is 14.4 Å². The molecule has 0 rings (SSSR count). The Kier molecular flexibility index (Phi) is 8.95. The average molecular weight is 243 g/mol. The summed E-state index contributed by atoms with van der Waals surface area (Å²) in [6.45, 7) is 2.82. The van der Waals surface area contributed by atoms with Crippen LogP contribution in [0.15, 0.2) is 0 Å². The van der Waals surface area contributed by atoms with Crippen LogP contribution >= 0.6 is 0 Å². The lowest BCUT2D eigenvalue weighted by atomic mass is 10.1. The summed E-state index contributed by atoms with van der Waals surface area (Å²) in [6, 6.07) is -0.416. The van der Waals surface area contributed by atoms with Gasteiger partial charge in [0.1, 0.15) is 12.7 Å². The number of hydrogen-bond donors (Lipinski definition) is 3. The Labute approximate surface area is 101 Å². The van der Waals surface area contributed by atoms with E-state index in [0.29, 0.717) is 25.8 Å². The molecule has 0 spiro atoms. The molecule has 6 heteroatoms. The Balaban J connectivity index is 3.45. The highest BCUT2D eigenvalue weighted by Crippen LogP contribution is 1.96. The molecule has 0 aromatic rings. The summed E-state index contributed by atoms with van der Waals surface area (Å²) >= 11 is 0. The van der Waals surface area contributed by atoms with Gasteiger partial charge in [-0.15, -0.1) is 0 Å². The summed E-state index contributed by atoms with van der Waals surface area (Å²) in [7, 11) is 0. The van der Waals surface area contributed by atoms with E-state index in [1.807, 2.05) is 0 Å². The van der Waals surface area contributed by atoms with Crippen LogP contribution in [0.1, 0.15) is 32.6 Å². The van der Waals surface area contributed by atoms with Gasteiger partial charge in [-0.05, 0) is 26.2 Å². The maximum absolute atomic E-state index is 11.2. The van der Waals surface area contributed by atoms with Crippen molar-refractivity contribution in [1.29, 1.82) is 0 Å². The SMILES string of the molecule is CCNC(=O)CC(=O)NCCCCC(N)C=O. The highest BCUT2D eigenvalue weighted by molar-refractivity contribution is 5.96. The number of amides is 2. The molecule has 4 N–H and O–H groups in total. The number of nitrogens with one attached hydrogen (secondary N) is 2. The molecule has 0 aromatic heterocycles. The third kappa shape index (κ3) is 9.50. The molecule has 0 fully saturated rings. The lowest BCUT2D eigenvalue weighted by Gasteiger charge is -2.06. The van der Waals surface area contributed by atoms with Crippen molar-refractivity contribution < 1.29 is 14.4 Å². The Bertz CT molecular complexity index is 256. The highest BCUT2D eigenvalue weighted by atomic mass is 16.2. The summed E-state index contributed by atoms with van der Waals surface area (Å²) in [5.41, 5.74) is 5.41. The second-order valence-corrected chi connectivity index (χ2v) is 3.78. The van der Waals surface area contributed by atoms with Crippen molar-refractivity contribution in [3.8, 4) is 0 Å². The molecule has 98 valence electrons. The zero-order valence-corrected chi connectivity index (χ0v) is 10.2. The van der Waals surface area contributed by atoms with Crippen molar-refractivity contribution in [2.45, 2.75) is 38.6 Å². The number of nitrogens with two attached hydrogens (primary N) is 1. The van der Waals surface area contributed by atoms with Crippen LogP contribution in [-0.4, -0.2) is 37.2 Å². The number of unbranched alkanes of at least 4 members (excludes halogenated alkanes) is 1. The molecule has 0 aliphatic rings. The highest BCUT2D eigenvalue weighted by Gasteiger charge is 2.07. The van der Waals surface area contributed by atoms with E-state index in [0.717, 1.165) is 12.8 Å². The van der Waals surface area contributed by atoms with E-state index >= 15 is 0 Å². The fourth-order valence-electron chi connectivity index (χ4n) is 1.27. The maximum atomic E-state index is 11.2. The van der Waals surface area contributed by atoms with Gasteiger partial charge in [-0.2, -0.15) is 0 Å². The predicted octanol–water partition coefficient (Wildman–Crippen LogP) is -0.675. The minimum absolute atomic E-state index is 0.137. The fourth-order valence-corrected chi connectivity index (χ4v) is 1.27. The Morgan fingerprint density at radius 3 is 2.47 bits per heavy atom. The van der Waals surface area contributed by atoms with Crippen molar-refractivity contribution in [3.05, 3.63) is 0 Å². The summed E-state index contributed by atoms with van der Waals surface area (Å²) < 4.78 is 0. The molecule has 6 nitrogen and oxygen atoms in total. The molecule has 0 saturated heterocycles. The quantitative estimate of drug-likeness (QED) is 0.284. The van der Waals surface area contributed by atoms with Gasteiger partial charge in [-0.25, -0.2) is 0 Å². The van der Waals surface area contributed by atoms with E-state index in [4.69, 9.17) is 5.73 Å². The number of rotatable bonds is 9. The molecule has 0 radical (unpaired) electrons. The molecule has 0 aromatic carbocycles. The molecule has 2 amide bonds. The van der Waals surface area contributed by atoms with E-state index in [1.165, 1.54) is 0 Å². The molecule has 0 saturated carbocycles. The fraction of sp³-hybridized carbons (Fsp3) is 0.727. The number of carbonyl (C=O) groups is 3. The first-order valence-electron chi connectivity index (χ1n) is 5.84. The third-order valence-electron chi connectivity index (χ3n) is 2.16. The molecular weight excluding hydrogens is 222 g/mol. The molecule has 1 atom stereocenters. The van der Waals surface area contributed by atoms with E-state index < -0.39 is 6.04 Å². The molecule has 17 heavy (non-hydrogen) atoms. The summed E-state index contributed by atoms with van der Waals surface area (Å²) in [4.78, 5) is 32.5. The van der Waals surface area contributed by atoms with Crippen LogP contribution in [0, 0.1) is 0 Å². The largest absolute Gasteiger partial charge is 0.356 e. The van der Waals surface area contributed by atoms with E-state index in [2.05, 4.69) is 10.6 Å². The maximum Gasteiger partial charge on any atom is 0.229 e. The first kappa shape index (κ1) is 15.6. The summed E-state index contributed by atoms with van der Waals surface area (Å²) in [5, 5.41) is 5.18. The van der Waals surface area contributed by atoms with Crippen LogP contribution in [0.2, 0.25) is 0 Å². The van der Waals surface area contributed by atoms with Crippen molar-refractivity contribution in [2.75, 3.05) is 13.1 Å². The second kappa shape index (κ2) is 9.77. The third-order valence-corrected chi connectivity index (χ3v) is 2.16. The van der Waals surface area contributed by atoms with Gasteiger partial charge in [0.15, 0.2) is 0 Å². The average Bonchev–Trinajstić information content (AvgIpc) is 2.28.